The van der Waals surface area contributed by atoms with Crippen molar-refractivity contribution in [3.05, 3.63) is 37.0 Å². The van der Waals surface area contributed by atoms with E-state index in [1.807, 2.05) is 45.9 Å². The summed E-state index contributed by atoms with van der Waals surface area (Å²) in [5, 5.41) is 0. The second kappa shape index (κ2) is 15.0. The number of esters is 2. The standard InChI is InChI=1S/C24H40O5/c1-9-13-15-17(5)24(27-8)18(6)21(28-19(7)25)16-22(29-23(26)12-4)20(11-3)14-10-2/h9-10,12-14,17-18,20-22,24H,4,11,15-16H2,1-3,5-8H3/b13-9+,14-10?/t17-,18-,20+,21+,22+,24+/m0/s1. The zero-order chi connectivity index (χ0) is 22.4. The summed E-state index contributed by atoms with van der Waals surface area (Å²) >= 11 is 0. The van der Waals surface area contributed by atoms with E-state index in [1.54, 1.807) is 7.11 Å². The third kappa shape index (κ3) is 9.93. The zero-order valence-corrected chi connectivity index (χ0v) is 19.2. The molecule has 0 aliphatic rings. The maximum Gasteiger partial charge on any atom is 0.330 e. The van der Waals surface area contributed by atoms with Crippen LogP contribution in [0.4, 0.5) is 0 Å². The average Bonchev–Trinajstić information content (AvgIpc) is 2.69. The monoisotopic (exact) mass is 408 g/mol. The predicted octanol–water partition coefficient (Wildman–Crippen LogP) is 5.26. The first-order valence-corrected chi connectivity index (χ1v) is 10.5. The maximum absolute atomic E-state index is 11.9. The molecule has 6 atom stereocenters. The molecule has 0 rings (SSSR count). The molecule has 29 heavy (non-hydrogen) atoms. The number of ether oxygens (including phenoxy) is 3. The van der Waals surface area contributed by atoms with E-state index in [1.165, 1.54) is 6.92 Å². The summed E-state index contributed by atoms with van der Waals surface area (Å²) in [6.45, 7) is 15.0. The van der Waals surface area contributed by atoms with Crippen molar-refractivity contribution in [2.24, 2.45) is 17.8 Å². The van der Waals surface area contributed by atoms with Crippen LogP contribution in [0.3, 0.4) is 0 Å². The van der Waals surface area contributed by atoms with Crippen molar-refractivity contribution in [2.45, 2.75) is 79.1 Å². The minimum atomic E-state index is -0.475. The van der Waals surface area contributed by atoms with Gasteiger partial charge in [0.25, 0.3) is 0 Å². The molecule has 0 saturated heterocycles. The third-order valence-corrected chi connectivity index (χ3v) is 5.29. The Morgan fingerprint density at radius 1 is 1.07 bits per heavy atom. The molecule has 0 aromatic carbocycles. The number of carbonyl (C=O) groups excluding carboxylic acids is 2. The van der Waals surface area contributed by atoms with Gasteiger partial charge in [0.1, 0.15) is 12.2 Å². The highest BCUT2D eigenvalue weighted by molar-refractivity contribution is 5.81. The second-order valence-corrected chi connectivity index (χ2v) is 7.50. The predicted molar refractivity (Wildman–Crippen MR) is 117 cm³/mol. The topological polar surface area (TPSA) is 61.8 Å². The molecule has 0 aromatic heterocycles. The number of hydrogen-bond acceptors (Lipinski definition) is 5. The summed E-state index contributed by atoms with van der Waals surface area (Å²) in [5.41, 5.74) is 0. The van der Waals surface area contributed by atoms with E-state index in [0.717, 1.165) is 18.9 Å². The van der Waals surface area contributed by atoms with Gasteiger partial charge in [0, 0.05) is 38.4 Å². The van der Waals surface area contributed by atoms with Crippen LogP contribution in [-0.2, 0) is 23.8 Å². The van der Waals surface area contributed by atoms with Gasteiger partial charge >= 0.3 is 11.9 Å². The van der Waals surface area contributed by atoms with Crippen LogP contribution in [-0.4, -0.2) is 37.4 Å². The van der Waals surface area contributed by atoms with Gasteiger partial charge in [0.15, 0.2) is 0 Å². The maximum atomic E-state index is 11.9. The van der Waals surface area contributed by atoms with Crippen LogP contribution in [0, 0.1) is 17.8 Å². The second-order valence-electron chi connectivity index (χ2n) is 7.50. The van der Waals surface area contributed by atoms with Crippen molar-refractivity contribution in [1.82, 2.24) is 0 Å². The highest BCUT2D eigenvalue weighted by Crippen LogP contribution is 2.30. The fourth-order valence-electron chi connectivity index (χ4n) is 3.75. The average molecular weight is 409 g/mol. The first-order chi connectivity index (χ1) is 13.7. The minimum absolute atomic E-state index is 0.0237. The molecule has 0 bridgehead atoms. The summed E-state index contributed by atoms with van der Waals surface area (Å²) in [7, 11) is 1.68. The quantitative estimate of drug-likeness (QED) is 0.223. The van der Waals surface area contributed by atoms with Crippen LogP contribution in [0.5, 0.6) is 0 Å². The van der Waals surface area contributed by atoms with Crippen molar-refractivity contribution in [1.29, 1.82) is 0 Å². The van der Waals surface area contributed by atoms with Crippen LogP contribution >= 0.6 is 0 Å². The van der Waals surface area contributed by atoms with Gasteiger partial charge in [0.2, 0.25) is 0 Å². The number of hydrogen-bond donors (Lipinski definition) is 0. The molecule has 0 amide bonds. The van der Waals surface area contributed by atoms with E-state index in [-0.39, 0.29) is 29.8 Å². The summed E-state index contributed by atoms with van der Waals surface area (Å²) in [6.07, 6.45) is 10.4. The molecule has 166 valence electrons. The van der Waals surface area contributed by atoms with Crippen molar-refractivity contribution >= 4 is 11.9 Å². The van der Waals surface area contributed by atoms with Crippen molar-refractivity contribution in [3.63, 3.8) is 0 Å². The van der Waals surface area contributed by atoms with Crippen LogP contribution in [0.1, 0.15) is 60.8 Å². The normalized spacial score (nSPS) is 18.0. The molecule has 0 aliphatic heterocycles. The van der Waals surface area contributed by atoms with Gasteiger partial charge in [-0.3, -0.25) is 4.79 Å². The van der Waals surface area contributed by atoms with Crippen LogP contribution < -0.4 is 0 Å². The minimum Gasteiger partial charge on any atom is -0.462 e. The van der Waals surface area contributed by atoms with E-state index in [0.29, 0.717) is 6.42 Å². The fraction of sp³-hybridized carbons (Fsp3) is 0.667. The summed E-state index contributed by atoms with van der Waals surface area (Å²) < 4.78 is 17.1. The molecule has 0 fully saturated rings. The molecular weight excluding hydrogens is 368 g/mol. The Balaban J connectivity index is 5.72. The molecule has 5 nitrogen and oxygen atoms in total. The molecule has 0 N–H and O–H groups in total. The lowest BCUT2D eigenvalue weighted by Gasteiger charge is -2.35. The molecule has 0 unspecified atom stereocenters. The Labute approximate surface area is 177 Å². The van der Waals surface area contributed by atoms with Crippen molar-refractivity contribution < 1.29 is 23.8 Å². The zero-order valence-electron chi connectivity index (χ0n) is 19.2. The third-order valence-electron chi connectivity index (χ3n) is 5.29. The van der Waals surface area contributed by atoms with Crippen LogP contribution in [0.25, 0.3) is 0 Å². The van der Waals surface area contributed by atoms with Gasteiger partial charge in [-0.15, -0.1) is 0 Å². The Hall–Kier alpha value is -1.88. The van der Waals surface area contributed by atoms with Crippen molar-refractivity contribution in [3.8, 4) is 0 Å². The molecule has 0 heterocycles. The van der Waals surface area contributed by atoms with Gasteiger partial charge in [-0.1, -0.05) is 51.7 Å². The summed E-state index contributed by atoms with van der Waals surface area (Å²) in [5.74, 6) is -0.633. The highest BCUT2D eigenvalue weighted by atomic mass is 16.6. The van der Waals surface area contributed by atoms with E-state index < -0.39 is 18.2 Å². The van der Waals surface area contributed by atoms with Gasteiger partial charge in [0.05, 0.1) is 6.10 Å². The van der Waals surface area contributed by atoms with E-state index >= 15 is 0 Å². The van der Waals surface area contributed by atoms with Crippen LogP contribution in [0.2, 0.25) is 0 Å². The van der Waals surface area contributed by atoms with Gasteiger partial charge in [-0.25, -0.2) is 4.79 Å². The van der Waals surface area contributed by atoms with Crippen molar-refractivity contribution in [2.75, 3.05) is 7.11 Å². The molecule has 5 heteroatoms. The van der Waals surface area contributed by atoms with E-state index in [4.69, 9.17) is 14.2 Å². The fourth-order valence-corrected chi connectivity index (χ4v) is 3.75. The lowest BCUT2D eigenvalue weighted by Crippen LogP contribution is -2.41. The number of allylic oxidation sites excluding steroid dienone is 3. The number of rotatable bonds is 14. The molecule has 0 radical (unpaired) electrons. The molecule has 0 saturated carbocycles. The molecule has 0 spiro atoms. The Morgan fingerprint density at radius 2 is 1.72 bits per heavy atom. The highest BCUT2D eigenvalue weighted by Gasteiger charge is 2.35. The Kier molecular flexibility index (Phi) is 14.1. The summed E-state index contributed by atoms with van der Waals surface area (Å²) in [4.78, 5) is 23.8. The first kappa shape index (κ1) is 27.1. The smallest absolute Gasteiger partial charge is 0.330 e. The summed E-state index contributed by atoms with van der Waals surface area (Å²) in [6, 6.07) is 0. The lowest BCUT2D eigenvalue weighted by molar-refractivity contribution is -0.159. The van der Waals surface area contributed by atoms with E-state index in [9.17, 15) is 9.59 Å². The van der Waals surface area contributed by atoms with Crippen LogP contribution in [0.15, 0.2) is 37.0 Å². The number of carbonyl (C=O) groups is 2. The molecule has 0 aromatic rings. The SMILES string of the molecule is C=CC(=O)O[C@H](C[C@@H](OC(C)=O)[C@H](C)[C@H](OC)[C@@H](C)C/C=C/C)[C@@H](C=CC)CC. The largest absolute Gasteiger partial charge is 0.462 e. The molecular formula is C24H40O5. The van der Waals surface area contributed by atoms with E-state index in [2.05, 4.69) is 19.6 Å². The van der Waals surface area contributed by atoms with Gasteiger partial charge < -0.3 is 14.2 Å². The van der Waals surface area contributed by atoms with Gasteiger partial charge in [-0.05, 0) is 32.6 Å². The molecule has 0 aliphatic carbocycles. The van der Waals surface area contributed by atoms with Gasteiger partial charge in [-0.2, -0.15) is 0 Å². The lowest BCUT2D eigenvalue weighted by atomic mass is 9.83. The number of methoxy groups -OCH3 is 1. The first-order valence-electron chi connectivity index (χ1n) is 10.5. The Morgan fingerprint density at radius 3 is 2.17 bits per heavy atom. The Bertz CT molecular complexity index is 551.